The maximum Gasteiger partial charge on any atom is 0.316 e. The molecule has 1 aromatic rings. The number of hydrogen-bond donors (Lipinski definition) is 0. The molecule has 2 nitrogen and oxygen atoms in total. The van der Waals surface area contributed by atoms with Crippen LogP contribution in [-0.4, -0.2) is 13.1 Å². The molecular weight excluding hydrogens is 212 g/mol. The summed E-state index contributed by atoms with van der Waals surface area (Å²) in [6, 6.07) is 8.25. The lowest BCUT2D eigenvalue weighted by atomic mass is 9.92. The molecule has 0 N–H and O–H groups in total. The van der Waals surface area contributed by atoms with Crippen LogP contribution in [0.4, 0.5) is 0 Å². The highest BCUT2D eigenvalue weighted by molar-refractivity contribution is 5.88. The van der Waals surface area contributed by atoms with E-state index >= 15 is 0 Å². The number of esters is 1. The molecule has 1 aromatic carbocycles. The summed E-state index contributed by atoms with van der Waals surface area (Å²) < 4.78 is 4.93. The van der Waals surface area contributed by atoms with Crippen LogP contribution in [0.1, 0.15) is 24.5 Å². The van der Waals surface area contributed by atoms with E-state index in [1.807, 2.05) is 18.2 Å². The molecular formula is C15H18O2. The number of benzene rings is 1. The maximum atomic E-state index is 12.0. The Morgan fingerprint density at radius 1 is 1.53 bits per heavy atom. The van der Waals surface area contributed by atoms with Crippen molar-refractivity contribution in [1.82, 2.24) is 0 Å². The van der Waals surface area contributed by atoms with Gasteiger partial charge < -0.3 is 4.74 Å². The average Bonchev–Trinajstić information content (AvgIpc) is 3.13. The number of rotatable bonds is 4. The van der Waals surface area contributed by atoms with E-state index in [4.69, 9.17) is 4.74 Å². The highest BCUT2D eigenvalue weighted by Gasteiger charge is 2.60. The van der Waals surface area contributed by atoms with Crippen molar-refractivity contribution >= 4 is 5.97 Å². The minimum Gasteiger partial charge on any atom is -0.468 e. The van der Waals surface area contributed by atoms with Crippen LogP contribution >= 0.6 is 0 Å². The number of ether oxygens (including phenoxy) is 1. The van der Waals surface area contributed by atoms with Crippen molar-refractivity contribution in [3.8, 4) is 0 Å². The predicted molar refractivity (Wildman–Crippen MR) is 67.8 cm³/mol. The van der Waals surface area contributed by atoms with E-state index in [0.717, 1.165) is 18.4 Å². The van der Waals surface area contributed by atoms with E-state index in [1.54, 1.807) is 0 Å². The van der Waals surface area contributed by atoms with Crippen molar-refractivity contribution in [2.75, 3.05) is 7.11 Å². The minimum absolute atomic E-state index is 0.147. The first kappa shape index (κ1) is 11.9. The van der Waals surface area contributed by atoms with Crippen molar-refractivity contribution < 1.29 is 9.53 Å². The monoisotopic (exact) mass is 230 g/mol. The minimum atomic E-state index is -0.469. The number of methoxy groups -OCH3 is 1. The van der Waals surface area contributed by atoms with Gasteiger partial charge in [-0.3, -0.25) is 4.79 Å². The second kappa shape index (κ2) is 4.36. The zero-order valence-electron chi connectivity index (χ0n) is 10.4. The summed E-state index contributed by atoms with van der Waals surface area (Å²) in [6.07, 6.45) is 3.68. The van der Waals surface area contributed by atoms with Gasteiger partial charge in [-0.25, -0.2) is 0 Å². The van der Waals surface area contributed by atoms with E-state index in [2.05, 4.69) is 25.6 Å². The molecule has 1 aliphatic rings. The summed E-state index contributed by atoms with van der Waals surface area (Å²) in [7, 11) is 1.45. The topological polar surface area (TPSA) is 26.3 Å². The Morgan fingerprint density at radius 2 is 2.18 bits per heavy atom. The van der Waals surface area contributed by atoms with E-state index in [1.165, 1.54) is 12.7 Å². The summed E-state index contributed by atoms with van der Waals surface area (Å²) in [5.41, 5.74) is 1.86. The van der Waals surface area contributed by atoms with Gasteiger partial charge in [0, 0.05) is 0 Å². The normalized spacial score (nSPS) is 26.4. The van der Waals surface area contributed by atoms with Gasteiger partial charge in [0.15, 0.2) is 0 Å². The molecule has 0 radical (unpaired) electrons. The lowest BCUT2D eigenvalue weighted by molar-refractivity contribution is -0.144. The molecule has 2 atom stereocenters. The predicted octanol–water partition coefficient (Wildman–Crippen LogP) is 2.87. The van der Waals surface area contributed by atoms with Crippen molar-refractivity contribution in [2.24, 2.45) is 5.92 Å². The Bertz CT molecular complexity index is 433. The molecule has 2 heteroatoms. The lowest BCUT2D eigenvalue weighted by Crippen LogP contribution is -2.24. The number of aryl methyl sites for hydroxylation is 1. The summed E-state index contributed by atoms with van der Waals surface area (Å²) in [4.78, 5) is 12.0. The SMILES string of the molecule is C=C[C@H]1C[C@]1(C(=O)OC)c1ccc(CC)cc1. The van der Waals surface area contributed by atoms with Gasteiger partial charge in [-0.1, -0.05) is 37.3 Å². The number of allylic oxidation sites excluding steroid dienone is 1. The third-order valence-electron chi connectivity index (χ3n) is 3.73. The zero-order chi connectivity index (χ0) is 12.5. The molecule has 1 saturated carbocycles. The van der Waals surface area contributed by atoms with E-state index in [-0.39, 0.29) is 11.9 Å². The molecule has 0 amide bonds. The van der Waals surface area contributed by atoms with Crippen molar-refractivity contribution in [2.45, 2.75) is 25.2 Å². The van der Waals surface area contributed by atoms with Gasteiger partial charge in [0.2, 0.25) is 0 Å². The third kappa shape index (κ3) is 1.78. The Hall–Kier alpha value is -1.57. The van der Waals surface area contributed by atoms with Crippen LogP contribution in [0.2, 0.25) is 0 Å². The fourth-order valence-electron chi connectivity index (χ4n) is 2.48. The van der Waals surface area contributed by atoms with Gasteiger partial charge in [0.1, 0.15) is 0 Å². The molecule has 0 heterocycles. The van der Waals surface area contributed by atoms with Crippen LogP contribution in [-0.2, 0) is 21.4 Å². The fraction of sp³-hybridized carbons (Fsp3) is 0.400. The maximum absolute atomic E-state index is 12.0. The molecule has 17 heavy (non-hydrogen) atoms. The Balaban J connectivity index is 2.34. The Kier molecular flexibility index (Phi) is 3.05. The summed E-state index contributed by atoms with van der Waals surface area (Å²) in [6.45, 7) is 5.91. The number of hydrogen-bond acceptors (Lipinski definition) is 2. The first-order valence-electron chi connectivity index (χ1n) is 5.99. The quantitative estimate of drug-likeness (QED) is 0.587. The zero-order valence-corrected chi connectivity index (χ0v) is 10.4. The van der Waals surface area contributed by atoms with Crippen molar-refractivity contribution in [3.05, 3.63) is 48.0 Å². The molecule has 0 saturated heterocycles. The summed E-state index contributed by atoms with van der Waals surface area (Å²) in [5.74, 6) is 0.0640. The van der Waals surface area contributed by atoms with Gasteiger partial charge in [0.25, 0.3) is 0 Å². The number of carbonyl (C=O) groups excluding carboxylic acids is 1. The second-order valence-corrected chi connectivity index (χ2v) is 4.56. The lowest BCUT2D eigenvalue weighted by Gasteiger charge is -2.15. The summed E-state index contributed by atoms with van der Waals surface area (Å²) in [5, 5.41) is 0. The van der Waals surface area contributed by atoms with Crippen LogP contribution in [0, 0.1) is 5.92 Å². The standard InChI is InChI=1S/C15H18O2/c1-4-11-6-8-13(9-7-11)15(14(16)17-3)10-12(15)5-2/h5-9,12H,2,4,10H2,1,3H3/t12-,15+/m0/s1. The highest BCUT2D eigenvalue weighted by Crippen LogP contribution is 2.55. The number of carbonyl (C=O) groups is 1. The summed E-state index contributed by atoms with van der Waals surface area (Å²) >= 11 is 0. The van der Waals surface area contributed by atoms with Gasteiger partial charge >= 0.3 is 5.97 Å². The molecule has 2 rings (SSSR count). The third-order valence-corrected chi connectivity index (χ3v) is 3.73. The molecule has 0 aliphatic heterocycles. The first-order chi connectivity index (χ1) is 8.18. The molecule has 0 spiro atoms. The first-order valence-corrected chi connectivity index (χ1v) is 5.99. The smallest absolute Gasteiger partial charge is 0.316 e. The van der Waals surface area contributed by atoms with Crippen LogP contribution < -0.4 is 0 Å². The molecule has 0 bridgehead atoms. The van der Waals surface area contributed by atoms with Crippen LogP contribution in [0.3, 0.4) is 0 Å². The Morgan fingerprint density at radius 3 is 2.59 bits per heavy atom. The average molecular weight is 230 g/mol. The van der Waals surface area contributed by atoms with E-state index in [9.17, 15) is 4.79 Å². The van der Waals surface area contributed by atoms with Gasteiger partial charge in [-0.05, 0) is 29.9 Å². The van der Waals surface area contributed by atoms with E-state index in [0.29, 0.717) is 0 Å². The van der Waals surface area contributed by atoms with Gasteiger partial charge in [-0.15, -0.1) is 6.58 Å². The molecule has 0 unspecified atom stereocenters. The fourth-order valence-corrected chi connectivity index (χ4v) is 2.48. The van der Waals surface area contributed by atoms with Gasteiger partial charge in [-0.2, -0.15) is 0 Å². The second-order valence-electron chi connectivity index (χ2n) is 4.56. The van der Waals surface area contributed by atoms with E-state index < -0.39 is 5.41 Å². The molecule has 0 aromatic heterocycles. The molecule has 1 fully saturated rings. The van der Waals surface area contributed by atoms with Gasteiger partial charge in [0.05, 0.1) is 12.5 Å². The highest BCUT2D eigenvalue weighted by atomic mass is 16.5. The Labute approximate surface area is 102 Å². The van der Waals surface area contributed by atoms with Crippen LogP contribution in [0.15, 0.2) is 36.9 Å². The van der Waals surface area contributed by atoms with Crippen LogP contribution in [0.25, 0.3) is 0 Å². The van der Waals surface area contributed by atoms with Crippen molar-refractivity contribution in [1.29, 1.82) is 0 Å². The largest absolute Gasteiger partial charge is 0.468 e. The van der Waals surface area contributed by atoms with Crippen molar-refractivity contribution in [3.63, 3.8) is 0 Å². The van der Waals surface area contributed by atoms with Crippen LogP contribution in [0.5, 0.6) is 0 Å². The molecule has 1 aliphatic carbocycles. The molecule has 90 valence electrons.